The number of hydrogen-bond donors (Lipinski definition) is 1. The molecule has 1 unspecified atom stereocenters. The molecule has 0 bridgehead atoms. The van der Waals surface area contributed by atoms with E-state index in [0.717, 1.165) is 0 Å². The van der Waals surface area contributed by atoms with Crippen molar-refractivity contribution in [2.45, 2.75) is 5.92 Å². The lowest BCUT2D eigenvalue weighted by molar-refractivity contribution is 0.272. The Morgan fingerprint density at radius 3 is 2.50 bits per heavy atom. The number of benzene rings is 1. The van der Waals surface area contributed by atoms with Gasteiger partial charge >= 0.3 is 0 Å². The number of ether oxygens (including phenoxy) is 1. The van der Waals surface area contributed by atoms with Gasteiger partial charge in [-0.15, -0.1) is 0 Å². The Bertz CT molecular complexity index is 498. The van der Waals surface area contributed by atoms with Gasteiger partial charge in [0.15, 0.2) is 5.22 Å². The lowest BCUT2D eigenvalue weighted by Crippen LogP contribution is -2.19. The smallest absolute Gasteiger partial charge is 0.193 e. The lowest BCUT2D eigenvalue weighted by atomic mass is 10.1. The van der Waals surface area contributed by atoms with Gasteiger partial charge in [-0.3, -0.25) is 0 Å². The Morgan fingerprint density at radius 1 is 1.22 bits per heavy atom. The highest BCUT2D eigenvalue weighted by atomic mass is 35.5. The second-order valence-electron chi connectivity index (χ2n) is 3.84. The quantitative estimate of drug-likeness (QED) is 0.907. The molecule has 18 heavy (non-hydrogen) atoms. The van der Waals surface area contributed by atoms with E-state index < -0.39 is 0 Å². The molecule has 0 radical (unpaired) electrons. The fraction of sp³-hybridized carbons (Fsp3) is 0.231. The largest absolute Gasteiger partial charge is 0.493 e. The molecule has 0 aliphatic carbocycles. The zero-order chi connectivity index (χ0) is 13.0. The summed E-state index contributed by atoms with van der Waals surface area (Å²) in [5, 5.41) is 0.324. The van der Waals surface area contributed by atoms with E-state index in [-0.39, 0.29) is 11.7 Å². The maximum absolute atomic E-state index is 12.7. The molecule has 0 spiro atoms. The van der Waals surface area contributed by atoms with Crippen LogP contribution in [0.1, 0.15) is 11.7 Å². The average molecular weight is 270 g/mol. The molecule has 3 nitrogen and oxygen atoms in total. The van der Waals surface area contributed by atoms with Gasteiger partial charge in [-0.25, -0.2) is 4.39 Å². The van der Waals surface area contributed by atoms with Crippen LogP contribution in [0.4, 0.5) is 4.39 Å². The Morgan fingerprint density at radius 2 is 1.94 bits per heavy atom. The number of rotatable bonds is 5. The summed E-state index contributed by atoms with van der Waals surface area (Å²) in [6, 6.07) is 9.26. The molecule has 0 aliphatic heterocycles. The highest BCUT2D eigenvalue weighted by Gasteiger charge is 2.14. The zero-order valence-corrected chi connectivity index (χ0v) is 10.4. The van der Waals surface area contributed by atoms with Crippen LogP contribution in [0.5, 0.6) is 5.75 Å². The van der Waals surface area contributed by atoms with Crippen molar-refractivity contribution in [1.29, 1.82) is 0 Å². The van der Waals surface area contributed by atoms with Crippen molar-refractivity contribution in [3.8, 4) is 5.75 Å². The maximum atomic E-state index is 12.7. The van der Waals surface area contributed by atoms with E-state index in [9.17, 15) is 4.39 Å². The summed E-state index contributed by atoms with van der Waals surface area (Å²) in [6.45, 7) is 0.733. The standard InChI is InChI=1S/C13H13ClFNO2/c14-13-6-5-12(18-13)9(7-16)8-17-11-3-1-10(15)2-4-11/h1-6,9H,7-8,16H2. The van der Waals surface area contributed by atoms with Gasteiger partial charge in [0.2, 0.25) is 0 Å². The monoisotopic (exact) mass is 269 g/mol. The molecule has 5 heteroatoms. The van der Waals surface area contributed by atoms with E-state index in [2.05, 4.69) is 0 Å². The maximum Gasteiger partial charge on any atom is 0.193 e. The Balaban J connectivity index is 1.97. The number of halogens is 2. The normalized spacial score (nSPS) is 12.4. The van der Waals surface area contributed by atoms with Gasteiger partial charge in [0.1, 0.15) is 17.3 Å². The van der Waals surface area contributed by atoms with Gasteiger partial charge < -0.3 is 14.9 Å². The molecule has 1 heterocycles. The van der Waals surface area contributed by atoms with Gasteiger partial charge in [0.25, 0.3) is 0 Å². The molecule has 2 rings (SSSR count). The molecule has 1 atom stereocenters. The number of hydrogen-bond acceptors (Lipinski definition) is 3. The third kappa shape index (κ3) is 3.24. The van der Waals surface area contributed by atoms with Crippen LogP contribution < -0.4 is 10.5 Å². The molecular formula is C13H13ClFNO2. The van der Waals surface area contributed by atoms with Gasteiger partial charge in [-0.05, 0) is 48.0 Å². The fourth-order valence-corrected chi connectivity index (χ4v) is 1.69. The van der Waals surface area contributed by atoms with Gasteiger partial charge in [-0.1, -0.05) is 0 Å². The van der Waals surface area contributed by atoms with Crippen LogP contribution in [0.15, 0.2) is 40.8 Å². The summed E-state index contributed by atoms with van der Waals surface area (Å²) < 4.78 is 23.5. The number of nitrogens with two attached hydrogens (primary N) is 1. The Kier molecular flexibility index (Phi) is 4.23. The topological polar surface area (TPSA) is 48.4 Å². The minimum atomic E-state index is -0.296. The van der Waals surface area contributed by atoms with Crippen molar-refractivity contribution in [3.05, 3.63) is 53.2 Å². The molecule has 0 amide bonds. The Hall–Kier alpha value is -1.52. The van der Waals surface area contributed by atoms with Crippen molar-refractivity contribution < 1.29 is 13.5 Å². The van der Waals surface area contributed by atoms with Crippen LogP contribution in [0.3, 0.4) is 0 Å². The van der Waals surface area contributed by atoms with Crippen LogP contribution in [0, 0.1) is 5.82 Å². The predicted octanol–water partition coefficient (Wildman–Crippen LogP) is 3.19. The van der Waals surface area contributed by atoms with Crippen molar-refractivity contribution >= 4 is 11.6 Å². The van der Waals surface area contributed by atoms with Crippen LogP contribution in [-0.4, -0.2) is 13.2 Å². The van der Waals surface area contributed by atoms with Crippen LogP contribution >= 0.6 is 11.6 Å². The highest BCUT2D eigenvalue weighted by molar-refractivity contribution is 6.28. The predicted molar refractivity (Wildman–Crippen MR) is 67.4 cm³/mol. The third-order valence-corrected chi connectivity index (χ3v) is 2.75. The molecular weight excluding hydrogens is 257 g/mol. The highest BCUT2D eigenvalue weighted by Crippen LogP contribution is 2.22. The molecule has 2 aromatic rings. The summed E-state index contributed by atoms with van der Waals surface area (Å²) in [5.41, 5.74) is 5.66. The van der Waals surface area contributed by atoms with Gasteiger partial charge in [0, 0.05) is 6.54 Å². The van der Waals surface area contributed by atoms with Crippen molar-refractivity contribution in [3.63, 3.8) is 0 Å². The first-order valence-electron chi connectivity index (χ1n) is 5.52. The van der Waals surface area contributed by atoms with Crippen molar-refractivity contribution in [2.75, 3.05) is 13.2 Å². The third-order valence-electron chi connectivity index (χ3n) is 2.55. The molecule has 96 valence electrons. The molecule has 1 aromatic carbocycles. The van der Waals surface area contributed by atoms with Crippen molar-refractivity contribution in [1.82, 2.24) is 0 Å². The van der Waals surface area contributed by atoms with Gasteiger partial charge in [0.05, 0.1) is 12.5 Å². The summed E-state index contributed by atoms with van der Waals surface area (Å²) in [7, 11) is 0. The molecule has 2 N–H and O–H groups in total. The van der Waals surface area contributed by atoms with E-state index in [1.54, 1.807) is 24.3 Å². The second-order valence-corrected chi connectivity index (χ2v) is 4.21. The minimum Gasteiger partial charge on any atom is -0.493 e. The van der Waals surface area contributed by atoms with E-state index >= 15 is 0 Å². The first-order chi connectivity index (χ1) is 8.69. The van der Waals surface area contributed by atoms with E-state index in [1.807, 2.05) is 0 Å². The SMILES string of the molecule is NCC(COc1ccc(F)cc1)c1ccc(Cl)o1. The van der Waals surface area contributed by atoms with Crippen LogP contribution in [0.2, 0.25) is 5.22 Å². The summed E-state index contributed by atoms with van der Waals surface area (Å²) in [6.07, 6.45) is 0. The van der Waals surface area contributed by atoms with Crippen LogP contribution in [0.25, 0.3) is 0 Å². The molecule has 0 saturated carbocycles. The lowest BCUT2D eigenvalue weighted by Gasteiger charge is -2.13. The summed E-state index contributed by atoms with van der Waals surface area (Å²) in [5.74, 6) is 0.898. The molecule has 1 aromatic heterocycles. The van der Waals surface area contributed by atoms with Gasteiger partial charge in [-0.2, -0.15) is 0 Å². The summed E-state index contributed by atoms with van der Waals surface area (Å²) in [4.78, 5) is 0. The second kappa shape index (κ2) is 5.89. The van der Waals surface area contributed by atoms with E-state index in [4.69, 9.17) is 26.5 Å². The number of furan rings is 1. The minimum absolute atomic E-state index is 0.0810. The van der Waals surface area contributed by atoms with E-state index in [0.29, 0.717) is 29.9 Å². The fourth-order valence-electron chi connectivity index (χ4n) is 1.54. The molecule has 0 aliphatic rings. The van der Waals surface area contributed by atoms with Crippen molar-refractivity contribution in [2.24, 2.45) is 5.73 Å². The Labute approximate surface area is 109 Å². The molecule has 0 saturated heterocycles. The van der Waals surface area contributed by atoms with E-state index in [1.165, 1.54) is 12.1 Å². The molecule has 0 fully saturated rings. The average Bonchev–Trinajstić information content (AvgIpc) is 2.79. The zero-order valence-electron chi connectivity index (χ0n) is 9.61. The first kappa shape index (κ1) is 12.9. The van der Waals surface area contributed by atoms with Crippen LogP contribution in [-0.2, 0) is 0 Å². The first-order valence-corrected chi connectivity index (χ1v) is 5.90. The summed E-state index contributed by atoms with van der Waals surface area (Å²) >= 11 is 5.71.